The Balaban J connectivity index is 2.52. The summed E-state index contributed by atoms with van der Waals surface area (Å²) in [6, 6.07) is -0.191. The minimum absolute atomic E-state index is 0.191. The highest BCUT2D eigenvalue weighted by Gasteiger charge is 2.19. The Morgan fingerprint density at radius 3 is 2.62 bits per heavy atom. The first kappa shape index (κ1) is 12.5. The van der Waals surface area contributed by atoms with Gasteiger partial charge in [0.1, 0.15) is 11.4 Å². The van der Waals surface area contributed by atoms with Crippen LogP contribution in [-0.4, -0.2) is 21.7 Å². The van der Waals surface area contributed by atoms with Crippen LogP contribution in [0, 0.1) is 6.92 Å². The van der Waals surface area contributed by atoms with Crippen molar-refractivity contribution >= 4 is 6.09 Å². The molecule has 0 spiro atoms. The number of aryl methyl sites for hydroxylation is 1. The maximum absolute atomic E-state index is 11.5. The van der Waals surface area contributed by atoms with E-state index in [9.17, 15) is 4.79 Å². The molecule has 1 rings (SSSR count). The number of nitrogens with one attached hydrogen (secondary N) is 2. The van der Waals surface area contributed by atoms with E-state index in [1.165, 1.54) is 0 Å². The summed E-state index contributed by atoms with van der Waals surface area (Å²) in [7, 11) is 0. The summed E-state index contributed by atoms with van der Waals surface area (Å²) in [5.74, 6) is 0.725. The Bertz CT molecular complexity index is 366. The molecule has 0 fully saturated rings. The quantitative estimate of drug-likeness (QED) is 0.811. The molecule has 0 aliphatic carbocycles. The highest BCUT2D eigenvalue weighted by atomic mass is 16.6. The van der Waals surface area contributed by atoms with Crippen molar-refractivity contribution in [3.8, 4) is 0 Å². The van der Waals surface area contributed by atoms with Crippen molar-refractivity contribution in [2.24, 2.45) is 0 Å². The molecular weight excluding hydrogens is 206 g/mol. The number of aromatic amines is 1. The van der Waals surface area contributed by atoms with Crippen LogP contribution in [0.15, 0.2) is 6.20 Å². The molecule has 0 radical (unpaired) electrons. The molecule has 5 heteroatoms. The molecule has 1 atom stereocenters. The molecule has 5 nitrogen and oxygen atoms in total. The number of amides is 1. The van der Waals surface area contributed by atoms with Gasteiger partial charge in [-0.2, -0.15) is 0 Å². The van der Waals surface area contributed by atoms with Gasteiger partial charge in [-0.3, -0.25) is 0 Å². The largest absolute Gasteiger partial charge is 0.444 e. The summed E-state index contributed by atoms with van der Waals surface area (Å²) in [4.78, 5) is 18.7. The van der Waals surface area contributed by atoms with Crippen molar-refractivity contribution in [2.75, 3.05) is 0 Å². The van der Waals surface area contributed by atoms with Crippen molar-refractivity contribution in [1.29, 1.82) is 0 Å². The molecule has 1 amide bonds. The highest BCUT2D eigenvalue weighted by Crippen LogP contribution is 2.11. The van der Waals surface area contributed by atoms with Gasteiger partial charge in [0, 0.05) is 11.9 Å². The van der Waals surface area contributed by atoms with E-state index in [4.69, 9.17) is 4.74 Å². The number of imidazole rings is 1. The van der Waals surface area contributed by atoms with Gasteiger partial charge in [0.15, 0.2) is 0 Å². The lowest BCUT2D eigenvalue weighted by Gasteiger charge is -2.21. The number of aromatic nitrogens is 2. The van der Waals surface area contributed by atoms with Crippen LogP contribution in [0.2, 0.25) is 0 Å². The minimum atomic E-state index is -0.483. The average Bonchev–Trinajstić information content (AvgIpc) is 2.47. The number of carbonyl (C=O) groups is 1. The second kappa shape index (κ2) is 4.55. The van der Waals surface area contributed by atoms with Crippen molar-refractivity contribution in [1.82, 2.24) is 15.3 Å². The smallest absolute Gasteiger partial charge is 0.408 e. The van der Waals surface area contributed by atoms with Crippen molar-refractivity contribution in [3.05, 3.63) is 17.7 Å². The minimum Gasteiger partial charge on any atom is -0.444 e. The second-order valence-corrected chi connectivity index (χ2v) is 4.82. The average molecular weight is 225 g/mol. The van der Waals surface area contributed by atoms with Crippen LogP contribution < -0.4 is 5.32 Å². The third-order valence-corrected chi connectivity index (χ3v) is 1.87. The summed E-state index contributed by atoms with van der Waals surface area (Å²) in [5, 5.41) is 2.71. The molecule has 1 aromatic rings. The normalized spacial score (nSPS) is 13.3. The van der Waals surface area contributed by atoms with Crippen LogP contribution in [0.1, 0.15) is 45.3 Å². The Morgan fingerprint density at radius 1 is 1.56 bits per heavy atom. The predicted molar refractivity (Wildman–Crippen MR) is 61.1 cm³/mol. The van der Waals surface area contributed by atoms with Gasteiger partial charge < -0.3 is 15.0 Å². The Hall–Kier alpha value is -1.52. The molecule has 0 aliphatic rings. The van der Waals surface area contributed by atoms with Crippen LogP contribution >= 0.6 is 0 Å². The van der Waals surface area contributed by atoms with Gasteiger partial charge >= 0.3 is 6.09 Å². The molecular formula is C11H19N3O2. The molecule has 0 unspecified atom stereocenters. The molecule has 2 N–H and O–H groups in total. The Labute approximate surface area is 95.6 Å². The number of ether oxygens (including phenoxy) is 1. The molecule has 1 aromatic heterocycles. The highest BCUT2D eigenvalue weighted by molar-refractivity contribution is 5.68. The fourth-order valence-corrected chi connectivity index (χ4v) is 1.21. The van der Waals surface area contributed by atoms with Crippen LogP contribution in [0.4, 0.5) is 4.79 Å². The predicted octanol–water partition coefficient (Wildman–Crippen LogP) is 2.30. The Kier molecular flexibility index (Phi) is 3.57. The fourth-order valence-electron chi connectivity index (χ4n) is 1.21. The third-order valence-electron chi connectivity index (χ3n) is 1.87. The van der Waals surface area contributed by atoms with Crippen LogP contribution in [0.5, 0.6) is 0 Å². The number of rotatable bonds is 2. The summed E-state index contributed by atoms with van der Waals surface area (Å²) >= 11 is 0. The number of hydrogen-bond acceptors (Lipinski definition) is 3. The summed E-state index contributed by atoms with van der Waals surface area (Å²) in [6.45, 7) is 9.25. The number of H-pyrrole nitrogens is 1. The van der Waals surface area contributed by atoms with Gasteiger partial charge in [-0.05, 0) is 34.6 Å². The van der Waals surface area contributed by atoms with Crippen molar-refractivity contribution < 1.29 is 9.53 Å². The maximum Gasteiger partial charge on any atom is 0.408 e. The number of hydrogen-bond donors (Lipinski definition) is 2. The molecule has 16 heavy (non-hydrogen) atoms. The van der Waals surface area contributed by atoms with E-state index in [-0.39, 0.29) is 6.04 Å². The molecule has 90 valence electrons. The zero-order chi connectivity index (χ0) is 12.3. The van der Waals surface area contributed by atoms with Gasteiger partial charge in [-0.15, -0.1) is 0 Å². The van der Waals surface area contributed by atoms with E-state index in [1.807, 2.05) is 34.6 Å². The lowest BCUT2D eigenvalue weighted by Crippen LogP contribution is -2.34. The van der Waals surface area contributed by atoms with Crippen LogP contribution in [0.3, 0.4) is 0 Å². The molecule has 0 aliphatic heterocycles. The molecule has 0 saturated carbocycles. The molecule has 1 heterocycles. The topological polar surface area (TPSA) is 67.0 Å². The standard InChI is InChI=1S/C11H19N3O2/c1-7-6-12-9(13-7)8(2)14-10(15)16-11(3,4)5/h6,8H,1-5H3,(H,12,13)(H,14,15)/t8-/m0/s1. The summed E-state index contributed by atoms with van der Waals surface area (Å²) < 4.78 is 5.14. The first-order valence-corrected chi connectivity index (χ1v) is 5.29. The Morgan fingerprint density at radius 2 is 2.19 bits per heavy atom. The van der Waals surface area contributed by atoms with E-state index in [1.54, 1.807) is 6.20 Å². The van der Waals surface area contributed by atoms with Gasteiger partial charge in [0.05, 0.1) is 6.04 Å². The van der Waals surface area contributed by atoms with Gasteiger partial charge in [-0.1, -0.05) is 0 Å². The van der Waals surface area contributed by atoms with E-state index >= 15 is 0 Å². The van der Waals surface area contributed by atoms with Gasteiger partial charge in [0.2, 0.25) is 0 Å². The fraction of sp³-hybridized carbons (Fsp3) is 0.636. The number of carbonyl (C=O) groups excluding carboxylic acids is 1. The van der Waals surface area contributed by atoms with E-state index in [0.29, 0.717) is 0 Å². The zero-order valence-corrected chi connectivity index (χ0v) is 10.4. The summed E-state index contributed by atoms with van der Waals surface area (Å²) in [6.07, 6.45) is 1.29. The second-order valence-electron chi connectivity index (χ2n) is 4.82. The SMILES string of the molecule is Cc1cnc([C@H](C)NC(=O)OC(C)(C)C)[nH]1. The zero-order valence-electron chi connectivity index (χ0n) is 10.4. The lowest BCUT2D eigenvalue weighted by atomic mass is 10.2. The van der Waals surface area contributed by atoms with Gasteiger partial charge in [-0.25, -0.2) is 9.78 Å². The van der Waals surface area contributed by atoms with Crippen molar-refractivity contribution in [2.45, 2.75) is 46.3 Å². The monoisotopic (exact) mass is 225 g/mol. The molecule has 0 aromatic carbocycles. The van der Waals surface area contributed by atoms with Crippen LogP contribution in [0.25, 0.3) is 0 Å². The van der Waals surface area contributed by atoms with Crippen molar-refractivity contribution in [3.63, 3.8) is 0 Å². The maximum atomic E-state index is 11.5. The first-order chi connectivity index (χ1) is 7.28. The molecule has 0 saturated heterocycles. The molecule has 0 bridgehead atoms. The summed E-state index contributed by atoms with van der Waals surface area (Å²) in [5.41, 5.74) is 0.482. The van der Waals surface area contributed by atoms with Gasteiger partial charge in [0.25, 0.3) is 0 Å². The van der Waals surface area contributed by atoms with E-state index < -0.39 is 11.7 Å². The van der Waals surface area contributed by atoms with Crippen LogP contribution in [-0.2, 0) is 4.74 Å². The van der Waals surface area contributed by atoms with E-state index in [2.05, 4.69) is 15.3 Å². The first-order valence-electron chi connectivity index (χ1n) is 5.29. The number of alkyl carbamates (subject to hydrolysis) is 1. The lowest BCUT2D eigenvalue weighted by molar-refractivity contribution is 0.0506. The number of nitrogens with zero attached hydrogens (tertiary/aromatic N) is 1. The van der Waals surface area contributed by atoms with E-state index in [0.717, 1.165) is 11.5 Å². The third kappa shape index (κ3) is 3.92.